The van der Waals surface area contributed by atoms with Crippen LogP contribution < -0.4 is 0 Å². The Hall–Kier alpha value is -0.960. The SMILES string of the molecule is CC(=O)[C@@H](CC(C)C)[C@H](C)CC(=O)Cc1ccc(Br)cc1. The first-order valence-electron chi connectivity index (χ1n) is 7.56. The molecule has 2 nitrogen and oxygen atoms in total. The minimum absolute atomic E-state index is 0.00105. The number of carbonyl (C=O) groups excluding carboxylic acids is 2. The van der Waals surface area contributed by atoms with Gasteiger partial charge in [-0.25, -0.2) is 0 Å². The molecule has 2 atom stereocenters. The molecule has 0 saturated heterocycles. The van der Waals surface area contributed by atoms with Gasteiger partial charge in [0.05, 0.1) is 0 Å². The highest BCUT2D eigenvalue weighted by atomic mass is 79.9. The molecule has 21 heavy (non-hydrogen) atoms. The first-order chi connectivity index (χ1) is 9.79. The molecule has 0 bridgehead atoms. The molecule has 1 rings (SSSR count). The fourth-order valence-corrected chi connectivity index (χ4v) is 2.97. The number of halogens is 1. The summed E-state index contributed by atoms with van der Waals surface area (Å²) < 4.78 is 1.01. The van der Waals surface area contributed by atoms with E-state index in [1.807, 2.05) is 31.2 Å². The second-order valence-electron chi connectivity index (χ2n) is 6.37. The van der Waals surface area contributed by atoms with Crippen LogP contribution in [0.5, 0.6) is 0 Å². The van der Waals surface area contributed by atoms with Crippen LogP contribution in [0.4, 0.5) is 0 Å². The fourth-order valence-electron chi connectivity index (χ4n) is 2.71. The van der Waals surface area contributed by atoms with Crippen LogP contribution in [-0.4, -0.2) is 11.6 Å². The maximum absolute atomic E-state index is 12.2. The minimum Gasteiger partial charge on any atom is -0.300 e. The Morgan fingerprint density at radius 1 is 1.10 bits per heavy atom. The van der Waals surface area contributed by atoms with E-state index in [-0.39, 0.29) is 23.4 Å². The number of ketones is 2. The van der Waals surface area contributed by atoms with Crippen LogP contribution in [0.2, 0.25) is 0 Å². The van der Waals surface area contributed by atoms with E-state index in [0.717, 1.165) is 16.5 Å². The van der Waals surface area contributed by atoms with Crippen molar-refractivity contribution in [1.29, 1.82) is 0 Å². The van der Waals surface area contributed by atoms with Crippen molar-refractivity contribution in [3.63, 3.8) is 0 Å². The molecule has 0 fully saturated rings. The second kappa shape index (κ2) is 8.47. The van der Waals surface area contributed by atoms with Crippen molar-refractivity contribution < 1.29 is 9.59 Å². The number of hydrogen-bond acceptors (Lipinski definition) is 2. The molecule has 0 aliphatic heterocycles. The standard InChI is InChI=1S/C18H25BrO2/c1-12(2)9-18(14(4)20)13(3)10-17(21)11-15-5-7-16(19)8-6-15/h5-8,12-13,18H,9-11H2,1-4H3/t13-,18+/m1/s1. The number of hydrogen-bond donors (Lipinski definition) is 0. The van der Waals surface area contributed by atoms with Gasteiger partial charge in [0.1, 0.15) is 11.6 Å². The number of benzene rings is 1. The summed E-state index contributed by atoms with van der Waals surface area (Å²) in [6, 6.07) is 7.82. The average molecular weight is 353 g/mol. The van der Waals surface area contributed by atoms with E-state index in [1.165, 1.54) is 0 Å². The Kier molecular flexibility index (Phi) is 7.30. The maximum atomic E-state index is 12.2. The van der Waals surface area contributed by atoms with E-state index in [1.54, 1.807) is 6.92 Å². The van der Waals surface area contributed by atoms with E-state index in [4.69, 9.17) is 0 Å². The molecule has 0 heterocycles. The molecule has 0 unspecified atom stereocenters. The Balaban J connectivity index is 2.59. The molecule has 0 N–H and O–H groups in total. The van der Waals surface area contributed by atoms with Crippen molar-refractivity contribution in [2.45, 2.75) is 47.0 Å². The van der Waals surface area contributed by atoms with Crippen molar-refractivity contribution in [3.05, 3.63) is 34.3 Å². The summed E-state index contributed by atoms with van der Waals surface area (Å²) in [5.41, 5.74) is 1.03. The number of carbonyl (C=O) groups is 2. The van der Waals surface area contributed by atoms with E-state index in [9.17, 15) is 9.59 Å². The van der Waals surface area contributed by atoms with Crippen molar-refractivity contribution in [2.24, 2.45) is 17.8 Å². The van der Waals surface area contributed by atoms with Gasteiger partial charge in [-0.1, -0.05) is 48.8 Å². The predicted octanol–water partition coefficient (Wildman–Crippen LogP) is 4.84. The maximum Gasteiger partial charge on any atom is 0.137 e. The Bertz CT molecular complexity index is 476. The average Bonchev–Trinajstić information content (AvgIpc) is 2.38. The third-order valence-electron chi connectivity index (χ3n) is 3.80. The second-order valence-corrected chi connectivity index (χ2v) is 7.29. The zero-order valence-electron chi connectivity index (χ0n) is 13.4. The predicted molar refractivity (Wildman–Crippen MR) is 90.3 cm³/mol. The molecule has 0 saturated carbocycles. The van der Waals surface area contributed by atoms with Gasteiger partial charge in [-0.2, -0.15) is 0 Å². The van der Waals surface area contributed by atoms with Crippen LogP contribution >= 0.6 is 15.9 Å². The zero-order chi connectivity index (χ0) is 16.0. The van der Waals surface area contributed by atoms with Crippen LogP contribution in [0.1, 0.15) is 46.1 Å². The third-order valence-corrected chi connectivity index (χ3v) is 4.33. The highest BCUT2D eigenvalue weighted by Crippen LogP contribution is 2.25. The van der Waals surface area contributed by atoms with Gasteiger partial charge >= 0.3 is 0 Å². The number of rotatable bonds is 8. The van der Waals surface area contributed by atoms with Gasteiger partial charge in [0, 0.05) is 23.2 Å². The van der Waals surface area contributed by atoms with Gasteiger partial charge in [-0.15, -0.1) is 0 Å². The quantitative estimate of drug-likeness (QED) is 0.670. The van der Waals surface area contributed by atoms with E-state index < -0.39 is 0 Å². The first kappa shape index (κ1) is 18.1. The molecule has 0 radical (unpaired) electrons. The normalized spacial score (nSPS) is 14.0. The summed E-state index contributed by atoms with van der Waals surface area (Å²) in [6.07, 6.45) is 1.79. The van der Waals surface area contributed by atoms with E-state index in [0.29, 0.717) is 18.8 Å². The van der Waals surface area contributed by atoms with Crippen molar-refractivity contribution in [1.82, 2.24) is 0 Å². The van der Waals surface area contributed by atoms with Gasteiger partial charge in [0.15, 0.2) is 0 Å². The first-order valence-corrected chi connectivity index (χ1v) is 8.35. The lowest BCUT2D eigenvalue weighted by Crippen LogP contribution is -2.24. The van der Waals surface area contributed by atoms with Gasteiger partial charge in [-0.3, -0.25) is 9.59 Å². The van der Waals surface area contributed by atoms with Crippen LogP contribution in [-0.2, 0) is 16.0 Å². The van der Waals surface area contributed by atoms with Crippen LogP contribution in [0.3, 0.4) is 0 Å². The molecule has 1 aromatic rings. The highest BCUT2D eigenvalue weighted by Gasteiger charge is 2.24. The van der Waals surface area contributed by atoms with E-state index >= 15 is 0 Å². The number of Topliss-reactive ketones (excluding diaryl/α,β-unsaturated/α-hetero) is 2. The monoisotopic (exact) mass is 352 g/mol. The van der Waals surface area contributed by atoms with Crippen LogP contribution in [0.25, 0.3) is 0 Å². The van der Waals surface area contributed by atoms with Gasteiger partial charge in [0.25, 0.3) is 0 Å². The molecule has 0 aromatic heterocycles. The van der Waals surface area contributed by atoms with Gasteiger partial charge in [0.2, 0.25) is 0 Å². The Morgan fingerprint density at radius 3 is 2.14 bits per heavy atom. The summed E-state index contributed by atoms with van der Waals surface area (Å²) in [5.74, 6) is 1.00. The van der Waals surface area contributed by atoms with E-state index in [2.05, 4.69) is 29.8 Å². The lowest BCUT2D eigenvalue weighted by molar-refractivity contribution is -0.124. The van der Waals surface area contributed by atoms with Crippen molar-refractivity contribution in [2.75, 3.05) is 0 Å². The molecule has 0 aliphatic carbocycles. The summed E-state index contributed by atoms with van der Waals surface area (Å²) in [7, 11) is 0. The van der Waals surface area contributed by atoms with Gasteiger partial charge in [-0.05, 0) is 42.9 Å². The topological polar surface area (TPSA) is 34.1 Å². The molecular weight excluding hydrogens is 328 g/mol. The summed E-state index contributed by atoms with van der Waals surface area (Å²) in [6.45, 7) is 7.90. The largest absolute Gasteiger partial charge is 0.300 e. The van der Waals surface area contributed by atoms with Gasteiger partial charge < -0.3 is 0 Å². The molecule has 0 amide bonds. The van der Waals surface area contributed by atoms with Crippen molar-refractivity contribution in [3.8, 4) is 0 Å². The summed E-state index contributed by atoms with van der Waals surface area (Å²) >= 11 is 3.39. The molecular formula is C18H25BrO2. The minimum atomic E-state index is -0.00105. The van der Waals surface area contributed by atoms with Crippen LogP contribution in [0, 0.1) is 17.8 Å². The lowest BCUT2D eigenvalue weighted by Gasteiger charge is -2.22. The summed E-state index contributed by atoms with van der Waals surface area (Å²) in [5, 5.41) is 0. The molecule has 1 aromatic carbocycles. The zero-order valence-corrected chi connectivity index (χ0v) is 14.9. The molecule has 116 valence electrons. The smallest absolute Gasteiger partial charge is 0.137 e. The van der Waals surface area contributed by atoms with Crippen LogP contribution in [0.15, 0.2) is 28.7 Å². The highest BCUT2D eigenvalue weighted by molar-refractivity contribution is 9.10. The molecule has 0 aliphatic rings. The van der Waals surface area contributed by atoms with Crippen molar-refractivity contribution >= 4 is 27.5 Å². The molecule has 0 spiro atoms. The third kappa shape index (κ3) is 6.56. The Morgan fingerprint density at radius 2 is 1.67 bits per heavy atom. The lowest BCUT2D eigenvalue weighted by atomic mass is 9.81. The molecule has 3 heteroatoms. The summed E-state index contributed by atoms with van der Waals surface area (Å²) in [4.78, 5) is 24.0. The fraction of sp³-hybridized carbons (Fsp3) is 0.556. The Labute approximate surface area is 136 Å².